The first-order valence-corrected chi connectivity index (χ1v) is 5.88. The summed E-state index contributed by atoms with van der Waals surface area (Å²) in [5.41, 5.74) is 0. The zero-order valence-corrected chi connectivity index (χ0v) is 10.3. The molecule has 0 aliphatic rings. The molecular weight excluding hydrogens is 190 g/mol. The molecular formula is C11H25N3O. The van der Waals surface area contributed by atoms with Crippen molar-refractivity contribution in [2.75, 3.05) is 39.8 Å². The van der Waals surface area contributed by atoms with Crippen molar-refractivity contribution < 1.29 is 4.79 Å². The lowest BCUT2D eigenvalue weighted by Gasteiger charge is -2.19. The van der Waals surface area contributed by atoms with Gasteiger partial charge in [-0.3, -0.25) is 4.79 Å². The highest BCUT2D eigenvalue weighted by atomic mass is 16.1. The summed E-state index contributed by atoms with van der Waals surface area (Å²) in [6.07, 6.45) is 1.75. The predicted molar refractivity (Wildman–Crippen MR) is 64.0 cm³/mol. The molecule has 0 saturated heterocycles. The maximum absolute atomic E-state index is 11.1. The average molecular weight is 215 g/mol. The van der Waals surface area contributed by atoms with Crippen LogP contribution in [0.15, 0.2) is 0 Å². The molecule has 0 radical (unpaired) electrons. The summed E-state index contributed by atoms with van der Waals surface area (Å²) >= 11 is 0. The summed E-state index contributed by atoms with van der Waals surface area (Å²) in [6.45, 7) is 9.30. The maximum Gasteiger partial charge on any atom is 0.221 e. The Labute approximate surface area is 93.4 Å². The fraction of sp³-hybridized carbons (Fsp3) is 0.909. The van der Waals surface area contributed by atoms with Crippen molar-refractivity contribution in [1.29, 1.82) is 0 Å². The Hall–Kier alpha value is -0.610. The largest absolute Gasteiger partial charge is 0.359 e. The molecule has 0 rings (SSSR count). The molecule has 0 fully saturated rings. The summed E-state index contributed by atoms with van der Waals surface area (Å²) < 4.78 is 0. The number of carbonyl (C=O) groups excluding carboxylic acids is 1. The van der Waals surface area contributed by atoms with Gasteiger partial charge in [-0.1, -0.05) is 13.8 Å². The standard InChI is InChI=1S/C11H25N3O/c1-4-13-8-6-9-14(5-2)10-7-11(15)12-3/h13H,4-10H2,1-3H3,(H,12,15). The van der Waals surface area contributed by atoms with Crippen LogP contribution in [0.4, 0.5) is 0 Å². The number of nitrogens with zero attached hydrogens (tertiary/aromatic N) is 1. The van der Waals surface area contributed by atoms with Crippen LogP contribution in [-0.4, -0.2) is 50.6 Å². The van der Waals surface area contributed by atoms with E-state index < -0.39 is 0 Å². The van der Waals surface area contributed by atoms with E-state index in [2.05, 4.69) is 29.4 Å². The molecule has 0 spiro atoms. The number of hydrogen-bond donors (Lipinski definition) is 2. The molecule has 4 heteroatoms. The number of hydrogen-bond acceptors (Lipinski definition) is 3. The highest BCUT2D eigenvalue weighted by Gasteiger charge is 2.04. The minimum absolute atomic E-state index is 0.125. The second-order valence-corrected chi connectivity index (χ2v) is 3.56. The quantitative estimate of drug-likeness (QED) is 0.549. The Morgan fingerprint density at radius 2 is 2.00 bits per heavy atom. The van der Waals surface area contributed by atoms with Gasteiger partial charge in [-0.25, -0.2) is 0 Å². The Balaban J connectivity index is 3.50. The number of amides is 1. The summed E-state index contributed by atoms with van der Waals surface area (Å²) in [7, 11) is 1.68. The minimum Gasteiger partial charge on any atom is -0.359 e. The van der Waals surface area contributed by atoms with E-state index in [-0.39, 0.29) is 5.91 Å². The number of carbonyl (C=O) groups is 1. The molecule has 0 heterocycles. The third-order valence-corrected chi connectivity index (χ3v) is 2.46. The van der Waals surface area contributed by atoms with Gasteiger partial charge in [0.1, 0.15) is 0 Å². The van der Waals surface area contributed by atoms with Crippen molar-refractivity contribution in [3.8, 4) is 0 Å². The van der Waals surface area contributed by atoms with E-state index in [1.165, 1.54) is 0 Å². The average Bonchev–Trinajstić information content (AvgIpc) is 2.27. The van der Waals surface area contributed by atoms with Crippen LogP contribution in [-0.2, 0) is 4.79 Å². The topological polar surface area (TPSA) is 44.4 Å². The van der Waals surface area contributed by atoms with Crippen LogP contribution in [0.2, 0.25) is 0 Å². The third kappa shape index (κ3) is 8.39. The molecule has 1 amide bonds. The summed E-state index contributed by atoms with van der Waals surface area (Å²) in [4.78, 5) is 13.4. The van der Waals surface area contributed by atoms with Gasteiger partial charge >= 0.3 is 0 Å². The molecule has 15 heavy (non-hydrogen) atoms. The molecule has 0 bridgehead atoms. The van der Waals surface area contributed by atoms with Crippen molar-refractivity contribution in [1.82, 2.24) is 15.5 Å². The van der Waals surface area contributed by atoms with E-state index in [1.807, 2.05) is 0 Å². The van der Waals surface area contributed by atoms with Gasteiger partial charge in [-0.2, -0.15) is 0 Å². The fourth-order valence-corrected chi connectivity index (χ4v) is 1.42. The molecule has 0 unspecified atom stereocenters. The van der Waals surface area contributed by atoms with Crippen molar-refractivity contribution in [3.63, 3.8) is 0 Å². The third-order valence-electron chi connectivity index (χ3n) is 2.46. The van der Waals surface area contributed by atoms with Crippen molar-refractivity contribution >= 4 is 5.91 Å². The first-order valence-electron chi connectivity index (χ1n) is 5.88. The smallest absolute Gasteiger partial charge is 0.221 e. The zero-order chi connectivity index (χ0) is 11.5. The molecule has 0 aromatic rings. The molecule has 0 aliphatic heterocycles. The van der Waals surface area contributed by atoms with E-state index in [1.54, 1.807) is 7.05 Å². The lowest BCUT2D eigenvalue weighted by atomic mass is 10.3. The number of nitrogens with one attached hydrogen (secondary N) is 2. The molecule has 2 N–H and O–H groups in total. The van der Waals surface area contributed by atoms with Gasteiger partial charge in [0.2, 0.25) is 5.91 Å². The van der Waals surface area contributed by atoms with E-state index in [9.17, 15) is 4.79 Å². The first-order chi connectivity index (χ1) is 7.24. The SMILES string of the molecule is CCNCCCN(CC)CCC(=O)NC. The lowest BCUT2D eigenvalue weighted by Crippen LogP contribution is -2.31. The van der Waals surface area contributed by atoms with Gasteiger partial charge in [0.05, 0.1) is 0 Å². The molecule has 0 saturated carbocycles. The molecule has 0 aromatic heterocycles. The van der Waals surface area contributed by atoms with Crippen LogP contribution in [0.1, 0.15) is 26.7 Å². The predicted octanol–water partition coefficient (Wildman–Crippen LogP) is 0.444. The van der Waals surface area contributed by atoms with Gasteiger partial charge in [-0.15, -0.1) is 0 Å². The van der Waals surface area contributed by atoms with Crippen molar-refractivity contribution in [2.24, 2.45) is 0 Å². The van der Waals surface area contributed by atoms with Crippen molar-refractivity contribution in [2.45, 2.75) is 26.7 Å². The maximum atomic E-state index is 11.1. The van der Waals surface area contributed by atoms with Crippen LogP contribution in [0.5, 0.6) is 0 Å². The molecule has 0 aliphatic carbocycles. The second-order valence-electron chi connectivity index (χ2n) is 3.56. The van der Waals surface area contributed by atoms with E-state index in [4.69, 9.17) is 0 Å². The van der Waals surface area contributed by atoms with E-state index in [0.717, 1.165) is 39.1 Å². The Morgan fingerprint density at radius 3 is 2.53 bits per heavy atom. The van der Waals surface area contributed by atoms with Crippen LogP contribution in [0.3, 0.4) is 0 Å². The molecule has 0 aromatic carbocycles. The van der Waals surface area contributed by atoms with Crippen molar-refractivity contribution in [3.05, 3.63) is 0 Å². The highest BCUT2D eigenvalue weighted by molar-refractivity contribution is 5.75. The van der Waals surface area contributed by atoms with Gasteiger partial charge in [0.15, 0.2) is 0 Å². The van der Waals surface area contributed by atoms with Gasteiger partial charge in [0, 0.05) is 20.0 Å². The van der Waals surface area contributed by atoms with E-state index in [0.29, 0.717) is 6.42 Å². The van der Waals surface area contributed by atoms with Crippen LogP contribution in [0.25, 0.3) is 0 Å². The molecule has 90 valence electrons. The Bertz CT molecular complexity index is 162. The molecule has 4 nitrogen and oxygen atoms in total. The fourth-order valence-electron chi connectivity index (χ4n) is 1.42. The monoisotopic (exact) mass is 215 g/mol. The van der Waals surface area contributed by atoms with Gasteiger partial charge in [-0.05, 0) is 32.6 Å². The van der Waals surface area contributed by atoms with Gasteiger partial charge < -0.3 is 15.5 Å². The zero-order valence-electron chi connectivity index (χ0n) is 10.3. The molecule has 0 atom stereocenters. The number of rotatable bonds is 9. The Morgan fingerprint density at radius 1 is 1.27 bits per heavy atom. The summed E-state index contributed by atoms with van der Waals surface area (Å²) in [5, 5.41) is 5.94. The lowest BCUT2D eigenvalue weighted by molar-refractivity contribution is -0.120. The van der Waals surface area contributed by atoms with Crippen LogP contribution in [0, 0.1) is 0 Å². The second kappa shape index (κ2) is 9.93. The summed E-state index contributed by atoms with van der Waals surface area (Å²) in [5.74, 6) is 0.125. The summed E-state index contributed by atoms with van der Waals surface area (Å²) in [6, 6.07) is 0. The first kappa shape index (κ1) is 14.4. The minimum atomic E-state index is 0.125. The highest BCUT2D eigenvalue weighted by Crippen LogP contribution is 1.93. The van der Waals surface area contributed by atoms with Gasteiger partial charge in [0.25, 0.3) is 0 Å². The van der Waals surface area contributed by atoms with E-state index >= 15 is 0 Å². The van der Waals surface area contributed by atoms with Crippen LogP contribution >= 0.6 is 0 Å². The normalized spacial score (nSPS) is 10.7. The Kier molecular flexibility index (Phi) is 9.52. The van der Waals surface area contributed by atoms with Crippen LogP contribution < -0.4 is 10.6 Å².